The number of aryl methyl sites for hydroxylation is 1. The molecule has 126 valence electrons. The molecule has 1 aliphatic carbocycles. The number of methoxy groups -OCH3 is 1. The molecule has 0 atom stereocenters. The van der Waals surface area contributed by atoms with Crippen LogP contribution in [0.15, 0.2) is 24.3 Å². The molecule has 3 rings (SSSR count). The first-order valence-electron chi connectivity index (χ1n) is 7.80. The van der Waals surface area contributed by atoms with Crippen molar-refractivity contribution < 1.29 is 14.3 Å². The highest BCUT2D eigenvalue weighted by molar-refractivity contribution is 6.33. The second-order valence-electron chi connectivity index (χ2n) is 6.03. The minimum absolute atomic E-state index is 0.201. The predicted molar refractivity (Wildman–Crippen MR) is 92.9 cm³/mol. The van der Waals surface area contributed by atoms with Crippen molar-refractivity contribution in [2.24, 2.45) is 0 Å². The molecule has 0 unspecified atom stereocenters. The van der Waals surface area contributed by atoms with E-state index in [4.69, 9.17) is 16.3 Å². The van der Waals surface area contributed by atoms with E-state index in [2.05, 4.69) is 9.88 Å². The Morgan fingerprint density at radius 3 is 2.54 bits per heavy atom. The number of nitrogens with zero attached hydrogens (tertiary/aromatic N) is 1. The third-order valence-corrected chi connectivity index (χ3v) is 4.60. The van der Waals surface area contributed by atoms with E-state index in [0.717, 1.165) is 24.2 Å². The van der Waals surface area contributed by atoms with Crippen LogP contribution in [0.25, 0.3) is 0 Å². The molecular formula is C18H19ClN2O3. The van der Waals surface area contributed by atoms with E-state index >= 15 is 0 Å². The molecule has 1 aromatic heterocycles. The van der Waals surface area contributed by atoms with Gasteiger partial charge in [0.15, 0.2) is 0 Å². The SMILES string of the molecule is COC(=O)c1cc(NC(=O)c2cc(C)n(C3CC3)c2C)ccc1Cl. The molecule has 1 aliphatic rings. The first kappa shape index (κ1) is 16.6. The van der Waals surface area contributed by atoms with Crippen molar-refractivity contribution in [1.29, 1.82) is 0 Å². The summed E-state index contributed by atoms with van der Waals surface area (Å²) in [5.41, 5.74) is 3.43. The second kappa shape index (κ2) is 6.32. The van der Waals surface area contributed by atoms with Crippen LogP contribution in [-0.4, -0.2) is 23.6 Å². The van der Waals surface area contributed by atoms with Gasteiger partial charge in [0.05, 0.1) is 23.3 Å². The van der Waals surface area contributed by atoms with Crippen LogP contribution in [0.4, 0.5) is 5.69 Å². The summed E-state index contributed by atoms with van der Waals surface area (Å²) in [5, 5.41) is 3.11. The van der Waals surface area contributed by atoms with Gasteiger partial charge in [-0.2, -0.15) is 0 Å². The zero-order valence-corrected chi connectivity index (χ0v) is 14.6. The lowest BCUT2D eigenvalue weighted by Crippen LogP contribution is -2.14. The summed E-state index contributed by atoms with van der Waals surface area (Å²) < 4.78 is 6.91. The summed E-state index contributed by atoms with van der Waals surface area (Å²) in [6, 6.07) is 7.17. The highest BCUT2D eigenvalue weighted by Gasteiger charge is 2.28. The van der Waals surface area contributed by atoms with Crippen LogP contribution in [0.3, 0.4) is 0 Å². The fourth-order valence-electron chi connectivity index (χ4n) is 2.97. The number of nitrogens with one attached hydrogen (secondary N) is 1. The Kier molecular flexibility index (Phi) is 4.37. The first-order valence-corrected chi connectivity index (χ1v) is 8.17. The van der Waals surface area contributed by atoms with Crippen LogP contribution < -0.4 is 5.32 Å². The maximum Gasteiger partial charge on any atom is 0.339 e. The Bertz CT molecular complexity index is 822. The molecule has 1 saturated carbocycles. The van der Waals surface area contributed by atoms with Gasteiger partial charge < -0.3 is 14.6 Å². The zero-order valence-electron chi connectivity index (χ0n) is 13.9. The molecule has 0 saturated heterocycles. The standard InChI is InChI=1S/C18H19ClN2O3/c1-10-8-14(11(2)21(10)13-5-6-13)17(22)20-12-4-7-16(19)15(9-12)18(23)24-3/h4,7-9,13H,5-6H2,1-3H3,(H,20,22). The quantitative estimate of drug-likeness (QED) is 0.847. The topological polar surface area (TPSA) is 60.3 Å². The maximum atomic E-state index is 12.6. The van der Waals surface area contributed by atoms with Crippen molar-refractivity contribution in [3.8, 4) is 0 Å². The van der Waals surface area contributed by atoms with Gasteiger partial charge in [0.25, 0.3) is 5.91 Å². The van der Waals surface area contributed by atoms with Gasteiger partial charge in [-0.05, 0) is 51.0 Å². The van der Waals surface area contributed by atoms with Crippen LogP contribution in [0.5, 0.6) is 0 Å². The fourth-order valence-corrected chi connectivity index (χ4v) is 3.16. The molecule has 5 nitrogen and oxygen atoms in total. The zero-order chi connectivity index (χ0) is 17.4. The number of carbonyl (C=O) groups is 2. The monoisotopic (exact) mass is 346 g/mol. The van der Waals surface area contributed by atoms with E-state index in [9.17, 15) is 9.59 Å². The van der Waals surface area contributed by atoms with Gasteiger partial charge in [-0.1, -0.05) is 11.6 Å². The number of rotatable bonds is 4. The Labute approximate surface area is 145 Å². The van der Waals surface area contributed by atoms with Gasteiger partial charge in [-0.25, -0.2) is 4.79 Å². The lowest BCUT2D eigenvalue weighted by molar-refractivity contribution is 0.0600. The predicted octanol–water partition coefficient (Wildman–Crippen LogP) is 4.13. The van der Waals surface area contributed by atoms with E-state index in [1.807, 2.05) is 19.9 Å². The number of esters is 1. The molecule has 1 amide bonds. The summed E-state index contributed by atoms with van der Waals surface area (Å²) in [4.78, 5) is 24.3. The van der Waals surface area contributed by atoms with Crippen molar-refractivity contribution in [3.63, 3.8) is 0 Å². The second-order valence-corrected chi connectivity index (χ2v) is 6.43. The number of benzene rings is 1. The normalized spacial score (nSPS) is 13.7. The maximum absolute atomic E-state index is 12.6. The van der Waals surface area contributed by atoms with Gasteiger partial charge >= 0.3 is 5.97 Å². The van der Waals surface area contributed by atoms with Crippen molar-refractivity contribution in [1.82, 2.24) is 4.57 Å². The third kappa shape index (κ3) is 3.04. The summed E-state index contributed by atoms with van der Waals surface area (Å²) in [5.74, 6) is -0.740. The lowest BCUT2D eigenvalue weighted by Gasteiger charge is -2.09. The molecule has 24 heavy (non-hydrogen) atoms. The number of hydrogen-bond donors (Lipinski definition) is 1. The third-order valence-electron chi connectivity index (χ3n) is 4.27. The van der Waals surface area contributed by atoms with Gasteiger partial charge in [0.2, 0.25) is 0 Å². The minimum atomic E-state index is -0.539. The summed E-state index contributed by atoms with van der Waals surface area (Å²) in [6.45, 7) is 3.97. The molecule has 0 aliphatic heterocycles. The largest absolute Gasteiger partial charge is 0.465 e. The van der Waals surface area contributed by atoms with Crippen LogP contribution >= 0.6 is 11.6 Å². The molecule has 0 spiro atoms. The van der Waals surface area contributed by atoms with E-state index in [1.54, 1.807) is 12.1 Å². The molecule has 2 aromatic rings. The first-order chi connectivity index (χ1) is 11.4. The molecule has 6 heteroatoms. The average Bonchev–Trinajstić information content (AvgIpc) is 3.33. The molecule has 0 radical (unpaired) electrons. The summed E-state index contributed by atoms with van der Waals surface area (Å²) >= 11 is 6.00. The lowest BCUT2D eigenvalue weighted by atomic mass is 10.2. The minimum Gasteiger partial charge on any atom is -0.465 e. The van der Waals surface area contributed by atoms with Crippen LogP contribution in [-0.2, 0) is 4.74 Å². The number of halogens is 1. The Morgan fingerprint density at radius 1 is 1.21 bits per heavy atom. The van der Waals surface area contributed by atoms with Crippen molar-refractivity contribution in [3.05, 3.63) is 51.8 Å². The van der Waals surface area contributed by atoms with E-state index < -0.39 is 5.97 Å². The molecule has 1 N–H and O–H groups in total. The van der Waals surface area contributed by atoms with Gasteiger partial charge in [0, 0.05) is 23.1 Å². The molecule has 1 fully saturated rings. The Hall–Kier alpha value is -2.27. The average molecular weight is 347 g/mol. The van der Waals surface area contributed by atoms with Gasteiger partial charge in [-0.15, -0.1) is 0 Å². The highest BCUT2D eigenvalue weighted by atomic mass is 35.5. The fraction of sp³-hybridized carbons (Fsp3) is 0.333. The van der Waals surface area contributed by atoms with E-state index in [1.165, 1.54) is 13.2 Å². The molecule has 0 bridgehead atoms. The smallest absolute Gasteiger partial charge is 0.339 e. The molecule has 1 heterocycles. The van der Waals surface area contributed by atoms with Crippen molar-refractivity contribution in [2.75, 3.05) is 12.4 Å². The Morgan fingerprint density at radius 2 is 1.92 bits per heavy atom. The van der Waals surface area contributed by atoms with E-state index in [0.29, 0.717) is 17.3 Å². The number of anilines is 1. The van der Waals surface area contributed by atoms with Crippen LogP contribution in [0.1, 0.15) is 51.0 Å². The van der Waals surface area contributed by atoms with Crippen LogP contribution in [0.2, 0.25) is 5.02 Å². The van der Waals surface area contributed by atoms with E-state index in [-0.39, 0.29) is 16.5 Å². The number of aromatic nitrogens is 1. The summed E-state index contributed by atoms with van der Waals surface area (Å²) in [6.07, 6.45) is 2.33. The van der Waals surface area contributed by atoms with Gasteiger partial charge in [-0.3, -0.25) is 4.79 Å². The number of ether oxygens (including phenoxy) is 1. The highest BCUT2D eigenvalue weighted by Crippen LogP contribution is 2.38. The Balaban J connectivity index is 1.85. The number of carbonyl (C=O) groups excluding carboxylic acids is 2. The number of hydrogen-bond acceptors (Lipinski definition) is 3. The number of amides is 1. The van der Waals surface area contributed by atoms with Gasteiger partial charge in [0.1, 0.15) is 0 Å². The van der Waals surface area contributed by atoms with Crippen molar-refractivity contribution >= 4 is 29.2 Å². The van der Waals surface area contributed by atoms with Crippen LogP contribution in [0, 0.1) is 13.8 Å². The molecular weight excluding hydrogens is 328 g/mol. The van der Waals surface area contributed by atoms with Crippen molar-refractivity contribution in [2.45, 2.75) is 32.7 Å². The summed E-state index contributed by atoms with van der Waals surface area (Å²) in [7, 11) is 1.29. The molecule has 1 aromatic carbocycles.